The predicted molar refractivity (Wildman–Crippen MR) is 333 cm³/mol. The molecule has 6 heteroatoms. The summed E-state index contributed by atoms with van der Waals surface area (Å²) in [6.07, 6.45) is 81.4. The number of aliphatic hydroxyl groups excluding tert-OH is 2. The Hall–Kier alpha value is -1.40. The third-order valence-electron chi connectivity index (χ3n) is 16.6. The standard InChI is InChI=1S/C70H137NO5/c1-3-5-7-9-11-13-15-17-19-21-27-30-34-38-42-46-50-54-58-62-68(73)67(66-72)71-69(74)63-59-55-51-47-43-39-35-31-28-25-23-24-26-29-33-37-41-45-49-53-57-61-65-76-70(75)64-60-56-52-48-44-40-36-32-22-20-18-16-14-12-10-8-6-4-2/h58,62,67-68,72-73H,3-57,59-61,63-66H2,1-2H3,(H,71,74)/b62-58+. The summed E-state index contributed by atoms with van der Waals surface area (Å²) < 4.78 is 5.51. The van der Waals surface area contributed by atoms with Crippen LogP contribution < -0.4 is 5.32 Å². The normalized spacial score (nSPS) is 12.5. The molecule has 0 saturated carbocycles. The molecule has 0 aromatic rings. The molecule has 0 aliphatic heterocycles. The fourth-order valence-electron chi connectivity index (χ4n) is 11.2. The number of hydrogen-bond donors (Lipinski definition) is 3. The van der Waals surface area contributed by atoms with Crippen molar-refractivity contribution in [3.8, 4) is 0 Å². The van der Waals surface area contributed by atoms with Crippen LogP contribution in [-0.2, 0) is 14.3 Å². The average molecular weight is 1070 g/mol. The second kappa shape index (κ2) is 66.1. The van der Waals surface area contributed by atoms with Gasteiger partial charge in [-0.3, -0.25) is 9.59 Å². The Kier molecular flexibility index (Phi) is 64.9. The number of hydrogen-bond acceptors (Lipinski definition) is 5. The summed E-state index contributed by atoms with van der Waals surface area (Å²) in [5.74, 6) is -0.0457. The minimum absolute atomic E-state index is 0.0182. The van der Waals surface area contributed by atoms with E-state index in [2.05, 4.69) is 19.2 Å². The Labute approximate surface area is 476 Å². The third-order valence-corrected chi connectivity index (χ3v) is 16.6. The number of carbonyl (C=O) groups is 2. The predicted octanol–water partition coefficient (Wildman–Crippen LogP) is 22.4. The Morgan fingerprint density at radius 1 is 0.355 bits per heavy atom. The summed E-state index contributed by atoms with van der Waals surface area (Å²) in [4.78, 5) is 24.6. The average Bonchev–Trinajstić information content (AvgIpc) is 3.42. The zero-order valence-electron chi connectivity index (χ0n) is 51.8. The minimum Gasteiger partial charge on any atom is -0.466 e. The number of carbonyl (C=O) groups excluding carboxylic acids is 2. The Morgan fingerprint density at radius 2 is 0.605 bits per heavy atom. The number of ether oxygens (including phenoxy) is 1. The molecule has 0 fully saturated rings. The molecule has 2 atom stereocenters. The number of rotatable bonds is 66. The second-order valence-corrected chi connectivity index (χ2v) is 24.2. The molecule has 0 aliphatic carbocycles. The lowest BCUT2D eigenvalue weighted by molar-refractivity contribution is -0.143. The molecule has 0 aromatic carbocycles. The first kappa shape index (κ1) is 74.6. The largest absolute Gasteiger partial charge is 0.466 e. The molecule has 1 amide bonds. The molecule has 0 heterocycles. The van der Waals surface area contributed by atoms with Gasteiger partial charge in [-0.15, -0.1) is 0 Å². The third kappa shape index (κ3) is 61.8. The van der Waals surface area contributed by atoms with E-state index >= 15 is 0 Å². The van der Waals surface area contributed by atoms with Crippen molar-refractivity contribution in [1.82, 2.24) is 5.32 Å². The monoisotopic (exact) mass is 1070 g/mol. The number of unbranched alkanes of at least 4 members (excludes halogenated alkanes) is 55. The van der Waals surface area contributed by atoms with Gasteiger partial charge in [0.05, 0.1) is 25.4 Å². The molecule has 0 bridgehead atoms. The maximum absolute atomic E-state index is 12.5. The molecule has 0 rings (SSSR count). The summed E-state index contributed by atoms with van der Waals surface area (Å²) in [5, 5.41) is 23.2. The van der Waals surface area contributed by atoms with Gasteiger partial charge < -0.3 is 20.3 Å². The van der Waals surface area contributed by atoms with E-state index in [9.17, 15) is 19.8 Å². The van der Waals surface area contributed by atoms with Crippen LogP contribution in [0.2, 0.25) is 0 Å². The van der Waals surface area contributed by atoms with Crippen LogP contribution in [0, 0.1) is 0 Å². The van der Waals surface area contributed by atoms with Crippen LogP contribution in [0.5, 0.6) is 0 Å². The second-order valence-electron chi connectivity index (χ2n) is 24.2. The quantitative estimate of drug-likeness (QED) is 0.0320. The molecule has 452 valence electrons. The van der Waals surface area contributed by atoms with Crippen LogP contribution in [0.25, 0.3) is 0 Å². The maximum atomic E-state index is 12.5. The summed E-state index contributed by atoms with van der Waals surface area (Å²) in [7, 11) is 0. The van der Waals surface area contributed by atoms with Crippen LogP contribution in [0.4, 0.5) is 0 Å². The summed E-state index contributed by atoms with van der Waals surface area (Å²) in [5.41, 5.74) is 0. The lowest BCUT2D eigenvalue weighted by atomic mass is 10.0. The van der Waals surface area contributed by atoms with Crippen molar-refractivity contribution in [2.24, 2.45) is 0 Å². The molecule has 0 saturated heterocycles. The van der Waals surface area contributed by atoms with Gasteiger partial charge in [-0.2, -0.15) is 0 Å². The first-order valence-electron chi connectivity index (χ1n) is 35.0. The molecule has 2 unspecified atom stereocenters. The van der Waals surface area contributed by atoms with Gasteiger partial charge in [-0.05, 0) is 32.1 Å². The molecule has 0 radical (unpaired) electrons. The van der Waals surface area contributed by atoms with Gasteiger partial charge in [0.15, 0.2) is 0 Å². The lowest BCUT2D eigenvalue weighted by Crippen LogP contribution is -2.45. The number of nitrogens with one attached hydrogen (secondary N) is 1. The summed E-state index contributed by atoms with van der Waals surface area (Å²) in [6.45, 7) is 4.95. The van der Waals surface area contributed by atoms with E-state index in [4.69, 9.17) is 4.74 Å². The lowest BCUT2D eigenvalue weighted by Gasteiger charge is -2.20. The van der Waals surface area contributed by atoms with Crippen molar-refractivity contribution in [1.29, 1.82) is 0 Å². The SMILES string of the molecule is CCCCCCCCCCCCCCCCCCC/C=C/C(O)C(CO)NC(=O)CCCCCCCCCCCCCCCCCCCCCCCCOC(=O)CCCCCCCCCCCCCCCCCCCC. The summed E-state index contributed by atoms with van der Waals surface area (Å²) >= 11 is 0. The minimum atomic E-state index is -0.845. The highest BCUT2D eigenvalue weighted by Crippen LogP contribution is 2.19. The molecule has 0 aliphatic rings. The van der Waals surface area contributed by atoms with Crippen molar-refractivity contribution in [3.05, 3.63) is 12.2 Å². The fraction of sp³-hybridized carbons (Fsp3) is 0.943. The first-order chi connectivity index (χ1) is 37.5. The first-order valence-corrected chi connectivity index (χ1v) is 35.0. The fourth-order valence-corrected chi connectivity index (χ4v) is 11.2. The van der Waals surface area contributed by atoms with E-state index in [0.29, 0.717) is 19.4 Å². The molecule has 6 nitrogen and oxygen atoms in total. The molecule has 0 aromatic heterocycles. The summed E-state index contributed by atoms with van der Waals surface area (Å²) in [6, 6.07) is -0.628. The van der Waals surface area contributed by atoms with Gasteiger partial charge in [-0.1, -0.05) is 366 Å². The molecule has 76 heavy (non-hydrogen) atoms. The van der Waals surface area contributed by atoms with Gasteiger partial charge in [0, 0.05) is 12.8 Å². The van der Waals surface area contributed by atoms with Crippen molar-refractivity contribution < 1.29 is 24.5 Å². The van der Waals surface area contributed by atoms with Crippen molar-refractivity contribution >= 4 is 11.9 Å². The number of allylic oxidation sites excluding steroid dienone is 1. The van der Waals surface area contributed by atoms with Crippen molar-refractivity contribution in [2.75, 3.05) is 13.2 Å². The molecule has 3 N–H and O–H groups in total. The Bertz CT molecular complexity index is 1140. The van der Waals surface area contributed by atoms with Gasteiger partial charge in [0.25, 0.3) is 0 Å². The molecular weight excluding hydrogens is 935 g/mol. The smallest absolute Gasteiger partial charge is 0.305 e. The van der Waals surface area contributed by atoms with Gasteiger partial charge in [0.2, 0.25) is 5.91 Å². The van der Waals surface area contributed by atoms with E-state index in [-0.39, 0.29) is 18.5 Å². The zero-order valence-corrected chi connectivity index (χ0v) is 51.8. The molecule has 0 spiro atoms. The van der Waals surface area contributed by atoms with Crippen LogP contribution in [0.1, 0.15) is 399 Å². The number of esters is 1. The van der Waals surface area contributed by atoms with Crippen LogP contribution in [0.3, 0.4) is 0 Å². The van der Waals surface area contributed by atoms with Crippen molar-refractivity contribution in [3.63, 3.8) is 0 Å². The van der Waals surface area contributed by atoms with Gasteiger partial charge >= 0.3 is 5.97 Å². The van der Waals surface area contributed by atoms with E-state index in [1.807, 2.05) is 6.08 Å². The van der Waals surface area contributed by atoms with Gasteiger partial charge in [0.1, 0.15) is 0 Å². The van der Waals surface area contributed by atoms with E-state index in [1.54, 1.807) is 6.08 Å². The molecular formula is C70H137NO5. The van der Waals surface area contributed by atoms with Crippen LogP contribution >= 0.6 is 0 Å². The Balaban J connectivity index is 3.38. The highest BCUT2D eigenvalue weighted by atomic mass is 16.5. The Morgan fingerprint density at radius 3 is 0.895 bits per heavy atom. The van der Waals surface area contributed by atoms with E-state index in [1.165, 1.54) is 334 Å². The van der Waals surface area contributed by atoms with E-state index < -0.39 is 12.1 Å². The number of aliphatic hydroxyl groups is 2. The maximum Gasteiger partial charge on any atom is 0.305 e. The highest BCUT2D eigenvalue weighted by molar-refractivity contribution is 5.76. The van der Waals surface area contributed by atoms with E-state index in [0.717, 1.165) is 38.5 Å². The highest BCUT2D eigenvalue weighted by Gasteiger charge is 2.18. The topological polar surface area (TPSA) is 95.9 Å². The van der Waals surface area contributed by atoms with Gasteiger partial charge in [-0.25, -0.2) is 0 Å². The van der Waals surface area contributed by atoms with Crippen LogP contribution in [0.15, 0.2) is 12.2 Å². The van der Waals surface area contributed by atoms with Crippen molar-refractivity contribution in [2.45, 2.75) is 411 Å². The van der Waals surface area contributed by atoms with Crippen LogP contribution in [-0.4, -0.2) is 47.4 Å². The number of amides is 1. The zero-order chi connectivity index (χ0) is 55.0.